The van der Waals surface area contributed by atoms with Gasteiger partial charge in [-0.3, -0.25) is 4.79 Å². The van der Waals surface area contributed by atoms with Gasteiger partial charge in [0.15, 0.2) is 0 Å². The van der Waals surface area contributed by atoms with E-state index < -0.39 is 0 Å². The molecule has 1 aromatic carbocycles. The van der Waals surface area contributed by atoms with E-state index in [0.29, 0.717) is 18.9 Å². The van der Waals surface area contributed by atoms with Crippen LogP contribution in [0, 0.1) is 5.92 Å². The fraction of sp³-hybridized carbons (Fsp3) is 0.533. The average Bonchev–Trinajstić information content (AvgIpc) is 2.36. The molecule has 0 radical (unpaired) electrons. The van der Waals surface area contributed by atoms with E-state index in [9.17, 15) is 4.79 Å². The van der Waals surface area contributed by atoms with Gasteiger partial charge in [0.1, 0.15) is 0 Å². The van der Waals surface area contributed by atoms with E-state index in [-0.39, 0.29) is 17.9 Å². The van der Waals surface area contributed by atoms with Crippen LogP contribution in [0.15, 0.2) is 30.3 Å². The summed E-state index contributed by atoms with van der Waals surface area (Å²) in [5.74, 6) is 0.776. The van der Waals surface area contributed by atoms with Crippen LogP contribution in [0.3, 0.4) is 0 Å². The Labute approximate surface area is 110 Å². The molecule has 3 heteroatoms. The van der Waals surface area contributed by atoms with Crippen LogP contribution in [0.25, 0.3) is 0 Å². The van der Waals surface area contributed by atoms with Crippen molar-refractivity contribution in [1.29, 1.82) is 0 Å². The summed E-state index contributed by atoms with van der Waals surface area (Å²) in [6.45, 7) is 6.70. The molecular weight excluding hydrogens is 224 g/mol. The molecule has 0 aliphatic rings. The minimum Gasteiger partial charge on any atom is -0.352 e. The maximum Gasteiger partial charge on any atom is 0.220 e. The van der Waals surface area contributed by atoms with Gasteiger partial charge in [0.25, 0.3) is 0 Å². The van der Waals surface area contributed by atoms with Crippen LogP contribution in [0.5, 0.6) is 0 Å². The Kier molecular flexibility index (Phi) is 5.86. The predicted octanol–water partition coefficient (Wildman–Crippen LogP) is 2.28. The van der Waals surface area contributed by atoms with Crippen molar-refractivity contribution in [2.75, 3.05) is 6.54 Å². The summed E-state index contributed by atoms with van der Waals surface area (Å²) in [7, 11) is 0. The molecule has 0 spiro atoms. The molecule has 0 heterocycles. The number of carbonyl (C=O) groups is 1. The van der Waals surface area contributed by atoms with Gasteiger partial charge in [0, 0.05) is 19.0 Å². The third-order valence-corrected chi connectivity index (χ3v) is 3.20. The second-order valence-electron chi connectivity index (χ2n) is 5.17. The van der Waals surface area contributed by atoms with Gasteiger partial charge in [0.05, 0.1) is 0 Å². The maximum atomic E-state index is 11.9. The molecule has 1 aromatic rings. The molecule has 1 amide bonds. The van der Waals surface area contributed by atoms with Crippen LogP contribution in [-0.2, 0) is 4.79 Å². The van der Waals surface area contributed by atoms with Gasteiger partial charge in [-0.15, -0.1) is 0 Å². The lowest BCUT2D eigenvalue weighted by atomic mass is 9.85. The van der Waals surface area contributed by atoms with Gasteiger partial charge in [-0.1, -0.05) is 44.2 Å². The van der Waals surface area contributed by atoms with E-state index >= 15 is 0 Å². The molecule has 0 aliphatic carbocycles. The lowest BCUT2D eigenvalue weighted by molar-refractivity contribution is -0.122. The highest BCUT2D eigenvalue weighted by Crippen LogP contribution is 2.27. The fourth-order valence-electron chi connectivity index (χ4n) is 2.03. The average molecular weight is 248 g/mol. The van der Waals surface area contributed by atoms with E-state index in [0.717, 1.165) is 0 Å². The molecule has 0 saturated heterocycles. The number of nitrogens with one attached hydrogen (secondary N) is 1. The van der Waals surface area contributed by atoms with E-state index in [4.69, 9.17) is 5.73 Å². The quantitative estimate of drug-likeness (QED) is 0.811. The molecule has 0 aromatic heterocycles. The molecule has 0 aliphatic heterocycles. The number of benzene rings is 1. The highest BCUT2D eigenvalue weighted by molar-refractivity contribution is 5.77. The molecule has 0 bridgehead atoms. The van der Waals surface area contributed by atoms with Crippen molar-refractivity contribution in [3.8, 4) is 0 Å². The second kappa shape index (κ2) is 7.17. The predicted molar refractivity (Wildman–Crippen MR) is 75.3 cm³/mol. The zero-order chi connectivity index (χ0) is 13.5. The van der Waals surface area contributed by atoms with Crippen molar-refractivity contribution in [3.05, 3.63) is 35.9 Å². The monoisotopic (exact) mass is 248 g/mol. The number of carbonyl (C=O) groups excluding carboxylic acids is 1. The molecule has 18 heavy (non-hydrogen) atoms. The second-order valence-corrected chi connectivity index (χ2v) is 5.17. The Morgan fingerprint density at radius 2 is 1.83 bits per heavy atom. The number of hydrogen-bond acceptors (Lipinski definition) is 2. The first-order valence-corrected chi connectivity index (χ1v) is 6.59. The van der Waals surface area contributed by atoms with Gasteiger partial charge in [-0.25, -0.2) is 0 Å². The lowest BCUT2D eigenvalue weighted by Crippen LogP contribution is -2.38. The summed E-state index contributed by atoms with van der Waals surface area (Å²) in [5.41, 5.74) is 6.73. The first-order chi connectivity index (χ1) is 8.54. The topological polar surface area (TPSA) is 55.1 Å². The van der Waals surface area contributed by atoms with Crippen molar-refractivity contribution in [3.63, 3.8) is 0 Å². The summed E-state index contributed by atoms with van der Waals surface area (Å²) < 4.78 is 0. The Hall–Kier alpha value is -1.35. The smallest absolute Gasteiger partial charge is 0.220 e. The minimum atomic E-state index is 0.0427. The van der Waals surface area contributed by atoms with Crippen molar-refractivity contribution < 1.29 is 4.79 Å². The molecular formula is C15H24N2O. The van der Waals surface area contributed by atoms with Gasteiger partial charge < -0.3 is 11.1 Å². The number of hydrogen-bond donors (Lipinski definition) is 2. The highest BCUT2D eigenvalue weighted by atomic mass is 16.1. The SMILES string of the molecule is CC(C)C(CC(=O)N[C@@H](C)CN)c1ccccc1. The van der Waals surface area contributed by atoms with Crippen LogP contribution in [0.2, 0.25) is 0 Å². The van der Waals surface area contributed by atoms with Crippen molar-refractivity contribution in [1.82, 2.24) is 5.32 Å². The zero-order valence-corrected chi connectivity index (χ0v) is 11.5. The molecule has 1 rings (SSSR count). The van der Waals surface area contributed by atoms with Crippen LogP contribution < -0.4 is 11.1 Å². The molecule has 0 fully saturated rings. The molecule has 100 valence electrons. The lowest BCUT2D eigenvalue weighted by Gasteiger charge is -2.22. The van der Waals surface area contributed by atoms with Gasteiger partial charge in [0.2, 0.25) is 5.91 Å². The largest absolute Gasteiger partial charge is 0.352 e. The van der Waals surface area contributed by atoms with E-state index in [2.05, 4.69) is 31.3 Å². The summed E-state index contributed by atoms with van der Waals surface area (Å²) in [4.78, 5) is 11.9. The number of nitrogens with two attached hydrogens (primary N) is 1. The summed E-state index contributed by atoms with van der Waals surface area (Å²) in [5, 5.41) is 2.92. The Morgan fingerprint density at radius 1 is 1.22 bits per heavy atom. The van der Waals surface area contributed by atoms with Gasteiger partial charge in [-0.2, -0.15) is 0 Å². The van der Waals surface area contributed by atoms with Crippen molar-refractivity contribution in [2.45, 2.75) is 39.2 Å². The van der Waals surface area contributed by atoms with Gasteiger partial charge in [-0.05, 0) is 24.3 Å². The van der Waals surface area contributed by atoms with E-state index in [1.54, 1.807) is 0 Å². The minimum absolute atomic E-state index is 0.0427. The van der Waals surface area contributed by atoms with E-state index in [1.807, 2.05) is 25.1 Å². The molecule has 0 saturated carbocycles. The summed E-state index contributed by atoms with van der Waals surface area (Å²) >= 11 is 0. The normalized spacial score (nSPS) is 14.3. The first kappa shape index (κ1) is 14.7. The number of rotatable bonds is 6. The standard InChI is InChI=1S/C15H24N2O/c1-11(2)14(13-7-5-4-6-8-13)9-15(18)17-12(3)10-16/h4-8,11-12,14H,9-10,16H2,1-3H3,(H,17,18)/t12-,14?/m0/s1. The highest BCUT2D eigenvalue weighted by Gasteiger charge is 2.19. The zero-order valence-electron chi connectivity index (χ0n) is 11.5. The summed E-state index contributed by atoms with van der Waals surface area (Å²) in [6, 6.07) is 10.3. The van der Waals surface area contributed by atoms with Crippen molar-refractivity contribution >= 4 is 5.91 Å². The first-order valence-electron chi connectivity index (χ1n) is 6.59. The Bertz CT molecular complexity index is 362. The van der Waals surface area contributed by atoms with Crippen LogP contribution in [-0.4, -0.2) is 18.5 Å². The Balaban J connectivity index is 2.67. The molecule has 3 nitrogen and oxygen atoms in total. The third kappa shape index (κ3) is 4.49. The molecule has 1 unspecified atom stereocenters. The number of amides is 1. The molecule has 2 atom stereocenters. The van der Waals surface area contributed by atoms with Crippen LogP contribution >= 0.6 is 0 Å². The summed E-state index contributed by atoms with van der Waals surface area (Å²) in [6.07, 6.45) is 0.520. The maximum absolute atomic E-state index is 11.9. The van der Waals surface area contributed by atoms with Crippen LogP contribution in [0.4, 0.5) is 0 Å². The third-order valence-electron chi connectivity index (χ3n) is 3.20. The van der Waals surface area contributed by atoms with Crippen LogP contribution in [0.1, 0.15) is 38.7 Å². The Morgan fingerprint density at radius 3 is 2.33 bits per heavy atom. The molecule has 3 N–H and O–H groups in total. The van der Waals surface area contributed by atoms with Gasteiger partial charge >= 0.3 is 0 Å². The fourth-order valence-corrected chi connectivity index (χ4v) is 2.03. The van der Waals surface area contributed by atoms with E-state index in [1.165, 1.54) is 5.56 Å². The van der Waals surface area contributed by atoms with Crippen molar-refractivity contribution in [2.24, 2.45) is 11.7 Å².